The van der Waals surface area contributed by atoms with Crippen molar-refractivity contribution >= 4 is 5.69 Å². The zero-order valence-electron chi connectivity index (χ0n) is 10.6. The van der Waals surface area contributed by atoms with Crippen molar-refractivity contribution in [1.29, 1.82) is 0 Å². The number of methoxy groups -OCH3 is 1. The van der Waals surface area contributed by atoms with E-state index in [4.69, 9.17) is 20.3 Å². The average molecular weight is 252 g/mol. The Morgan fingerprint density at radius 3 is 2.78 bits per heavy atom. The summed E-state index contributed by atoms with van der Waals surface area (Å²) in [7, 11) is 1.60. The van der Waals surface area contributed by atoms with Gasteiger partial charge < -0.3 is 25.6 Å². The van der Waals surface area contributed by atoms with E-state index in [0.29, 0.717) is 23.6 Å². The van der Waals surface area contributed by atoms with Crippen molar-refractivity contribution in [2.45, 2.75) is 24.9 Å². The largest absolute Gasteiger partial charge is 0.493 e. The Morgan fingerprint density at radius 1 is 1.39 bits per heavy atom. The van der Waals surface area contributed by atoms with Gasteiger partial charge in [0, 0.05) is 23.8 Å². The molecule has 1 aliphatic carbocycles. The number of rotatable bonds is 6. The van der Waals surface area contributed by atoms with E-state index < -0.39 is 0 Å². The summed E-state index contributed by atoms with van der Waals surface area (Å²) in [5.74, 6) is 1.31. The van der Waals surface area contributed by atoms with Gasteiger partial charge in [-0.05, 0) is 25.0 Å². The van der Waals surface area contributed by atoms with Gasteiger partial charge in [-0.1, -0.05) is 0 Å². The van der Waals surface area contributed by atoms with Gasteiger partial charge in [-0.2, -0.15) is 0 Å². The minimum Gasteiger partial charge on any atom is -0.493 e. The molecule has 1 aromatic carbocycles. The number of anilines is 1. The van der Waals surface area contributed by atoms with E-state index in [2.05, 4.69) is 5.32 Å². The minimum atomic E-state index is -0.0156. The van der Waals surface area contributed by atoms with Gasteiger partial charge in [0.2, 0.25) is 0 Å². The molecule has 1 aromatic rings. The third-order valence-electron chi connectivity index (χ3n) is 3.06. The molecule has 5 heteroatoms. The van der Waals surface area contributed by atoms with E-state index in [1.807, 2.05) is 18.2 Å². The monoisotopic (exact) mass is 252 g/mol. The van der Waals surface area contributed by atoms with E-state index in [1.165, 1.54) is 0 Å². The lowest BCUT2D eigenvalue weighted by Crippen LogP contribution is -2.44. The average Bonchev–Trinajstić information content (AvgIpc) is 2.34. The van der Waals surface area contributed by atoms with Crippen LogP contribution >= 0.6 is 0 Å². The molecule has 0 spiro atoms. The van der Waals surface area contributed by atoms with Crippen LogP contribution in [0.3, 0.4) is 0 Å². The van der Waals surface area contributed by atoms with E-state index in [-0.39, 0.29) is 13.2 Å². The molecule has 0 bridgehead atoms. The zero-order valence-corrected chi connectivity index (χ0v) is 10.6. The van der Waals surface area contributed by atoms with E-state index in [0.717, 1.165) is 18.5 Å². The molecule has 0 atom stereocenters. The van der Waals surface area contributed by atoms with Crippen LogP contribution in [0.15, 0.2) is 18.2 Å². The van der Waals surface area contributed by atoms with Crippen LogP contribution in [0, 0.1) is 0 Å². The molecule has 100 valence electrons. The Kier molecular flexibility index (Phi) is 4.28. The molecule has 18 heavy (non-hydrogen) atoms. The summed E-state index contributed by atoms with van der Waals surface area (Å²) in [4.78, 5) is 0. The van der Waals surface area contributed by atoms with Crippen molar-refractivity contribution in [2.75, 3.05) is 25.6 Å². The highest BCUT2D eigenvalue weighted by Gasteiger charge is 2.25. The number of hydrogen-bond acceptors (Lipinski definition) is 5. The second kappa shape index (κ2) is 5.93. The van der Waals surface area contributed by atoms with Crippen molar-refractivity contribution in [3.63, 3.8) is 0 Å². The van der Waals surface area contributed by atoms with Crippen LogP contribution in [0.1, 0.15) is 12.8 Å². The van der Waals surface area contributed by atoms with Crippen LogP contribution < -0.4 is 20.5 Å². The maximum absolute atomic E-state index is 8.79. The summed E-state index contributed by atoms with van der Waals surface area (Å²) in [5, 5.41) is 12.2. The molecule has 0 aromatic heterocycles. The second-order valence-electron chi connectivity index (χ2n) is 4.51. The third-order valence-corrected chi connectivity index (χ3v) is 3.06. The SMILES string of the molecule is COc1ccc(NC2CC(N)C2)cc1OCCO. The van der Waals surface area contributed by atoms with E-state index in [1.54, 1.807) is 7.11 Å². The van der Waals surface area contributed by atoms with Crippen molar-refractivity contribution in [1.82, 2.24) is 0 Å². The topological polar surface area (TPSA) is 76.7 Å². The predicted octanol–water partition coefficient (Wildman–Crippen LogP) is 0.968. The Hall–Kier alpha value is -1.46. The fourth-order valence-electron chi connectivity index (χ4n) is 2.05. The Balaban J connectivity index is 2.02. The zero-order chi connectivity index (χ0) is 13.0. The molecule has 0 heterocycles. The fraction of sp³-hybridized carbons (Fsp3) is 0.538. The van der Waals surface area contributed by atoms with Gasteiger partial charge in [0.05, 0.1) is 13.7 Å². The number of nitrogens with one attached hydrogen (secondary N) is 1. The van der Waals surface area contributed by atoms with Crippen LogP contribution in [-0.2, 0) is 0 Å². The Bertz CT molecular complexity index is 392. The molecular weight excluding hydrogens is 232 g/mol. The van der Waals surface area contributed by atoms with Crippen LogP contribution in [-0.4, -0.2) is 37.5 Å². The van der Waals surface area contributed by atoms with Gasteiger partial charge in [-0.15, -0.1) is 0 Å². The summed E-state index contributed by atoms with van der Waals surface area (Å²) in [6.07, 6.45) is 2.00. The van der Waals surface area contributed by atoms with E-state index in [9.17, 15) is 0 Å². The van der Waals surface area contributed by atoms with Crippen molar-refractivity contribution in [3.8, 4) is 11.5 Å². The predicted molar refractivity (Wildman–Crippen MR) is 70.2 cm³/mol. The van der Waals surface area contributed by atoms with Crippen molar-refractivity contribution in [2.24, 2.45) is 5.73 Å². The van der Waals surface area contributed by atoms with Crippen LogP contribution in [0.4, 0.5) is 5.69 Å². The van der Waals surface area contributed by atoms with E-state index >= 15 is 0 Å². The van der Waals surface area contributed by atoms with Crippen LogP contribution in [0.2, 0.25) is 0 Å². The Morgan fingerprint density at radius 2 is 2.17 bits per heavy atom. The smallest absolute Gasteiger partial charge is 0.163 e. The van der Waals surface area contributed by atoms with Crippen molar-refractivity contribution < 1.29 is 14.6 Å². The molecule has 0 amide bonds. The van der Waals surface area contributed by atoms with Gasteiger partial charge in [0.1, 0.15) is 6.61 Å². The maximum Gasteiger partial charge on any atom is 0.163 e. The normalized spacial score (nSPS) is 22.2. The first-order valence-corrected chi connectivity index (χ1v) is 6.16. The summed E-state index contributed by atoms with van der Waals surface area (Å²) < 4.78 is 10.6. The molecular formula is C13H20N2O3. The summed E-state index contributed by atoms with van der Waals surface area (Å²) in [6.45, 7) is 0.242. The number of aliphatic hydroxyl groups is 1. The Labute approximate surface area is 107 Å². The van der Waals surface area contributed by atoms with Gasteiger partial charge in [0.25, 0.3) is 0 Å². The lowest BCUT2D eigenvalue weighted by Gasteiger charge is -2.33. The van der Waals surface area contributed by atoms with Gasteiger partial charge in [-0.25, -0.2) is 0 Å². The number of ether oxygens (including phenoxy) is 2. The molecule has 0 aliphatic heterocycles. The maximum atomic E-state index is 8.79. The second-order valence-corrected chi connectivity index (χ2v) is 4.51. The highest BCUT2D eigenvalue weighted by Crippen LogP contribution is 2.32. The molecule has 5 nitrogen and oxygen atoms in total. The summed E-state index contributed by atoms with van der Waals surface area (Å²) in [5.41, 5.74) is 6.74. The molecule has 1 saturated carbocycles. The first kappa shape index (κ1) is 13.0. The van der Waals surface area contributed by atoms with Crippen LogP contribution in [0.5, 0.6) is 11.5 Å². The lowest BCUT2D eigenvalue weighted by atomic mass is 9.87. The fourth-order valence-corrected chi connectivity index (χ4v) is 2.05. The highest BCUT2D eigenvalue weighted by molar-refractivity contribution is 5.55. The summed E-state index contributed by atoms with van der Waals surface area (Å²) >= 11 is 0. The standard InChI is InChI=1S/C13H20N2O3/c1-17-12-3-2-10(8-13(12)18-5-4-16)15-11-6-9(14)7-11/h2-3,8-9,11,15-16H,4-7,14H2,1H3. The molecule has 0 saturated heterocycles. The number of benzene rings is 1. The molecule has 2 rings (SSSR count). The molecule has 4 N–H and O–H groups in total. The molecule has 0 radical (unpaired) electrons. The lowest BCUT2D eigenvalue weighted by molar-refractivity contribution is 0.196. The minimum absolute atomic E-state index is 0.0156. The van der Waals surface area contributed by atoms with Gasteiger partial charge >= 0.3 is 0 Å². The number of hydrogen-bond donors (Lipinski definition) is 3. The number of nitrogens with two attached hydrogens (primary N) is 1. The highest BCUT2D eigenvalue weighted by atomic mass is 16.5. The first-order chi connectivity index (χ1) is 8.72. The number of aliphatic hydroxyl groups excluding tert-OH is 1. The summed E-state index contributed by atoms with van der Waals surface area (Å²) in [6, 6.07) is 6.46. The quantitative estimate of drug-likeness (QED) is 0.703. The van der Waals surface area contributed by atoms with Crippen LogP contribution in [0.25, 0.3) is 0 Å². The molecule has 1 aliphatic rings. The van der Waals surface area contributed by atoms with Gasteiger partial charge in [0.15, 0.2) is 11.5 Å². The third kappa shape index (κ3) is 3.05. The first-order valence-electron chi connectivity index (χ1n) is 6.16. The molecule has 0 unspecified atom stereocenters. The van der Waals surface area contributed by atoms with Gasteiger partial charge in [-0.3, -0.25) is 0 Å². The molecule has 1 fully saturated rings. The van der Waals surface area contributed by atoms with Crippen molar-refractivity contribution in [3.05, 3.63) is 18.2 Å².